The molecule has 0 saturated heterocycles. The van der Waals surface area contributed by atoms with Crippen LogP contribution in [0.1, 0.15) is 62.1 Å². The number of allylic oxidation sites excluding steroid dienone is 1. The number of carbonyl (C=O) groups is 1. The van der Waals surface area contributed by atoms with E-state index in [-0.39, 0.29) is 5.97 Å². The zero-order chi connectivity index (χ0) is 19.6. The quantitative estimate of drug-likeness (QED) is 0.393. The predicted molar refractivity (Wildman–Crippen MR) is 114 cm³/mol. The van der Waals surface area contributed by atoms with E-state index in [1.807, 2.05) is 0 Å². The highest BCUT2D eigenvalue weighted by Gasteiger charge is 2.11. The van der Waals surface area contributed by atoms with E-state index in [4.69, 9.17) is 9.47 Å². The van der Waals surface area contributed by atoms with Gasteiger partial charge in [0.2, 0.25) is 0 Å². The molecule has 0 unspecified atom stereocenters. The van der Waals surface area contributed by atoms with Crippen LogP contribution in [0.5, 0.6) is 5.75 Å². The second-order valence-corrected chi connectivity index (χ2v) is 7.35. The van der Waals surface area contributed by atoms with Gasteiger partial charge in [-0.1, -0.05) is 42.5 Å². The van der Waals surface area contributed by atoms with Crippen molar-refractivity contribution in [3.8, 4) is 5.75 Å². The fourth-order valence-electron chi connectivity index (χ4n) is 3.60. The molecule has 0 heterocycles. The van der Waals surface area contributed by atoms with E-state index in [0.717, 1.165) is 50.9 Å². The molecule has 0 aromatic heterocycles. The highest BCUT2D eigenvalue weighted by atomic mass is 16.5. The highest BCUT2D eigenvalue weighted by molar-refractivity contribution is 5.83. The molecule has 0 spiro atoms. The first-order valence-electron chi connectivity index (χ1n) is 10.4. The van der Waals surface area contributed by atoms with Gasteiger partial charge in [0.15, 0.2) is 0 Å². The van der Waals surface area contributed by atoms with Crippen molar-refractivity contribution in [2.45, 2.75) is 51.9 Å². The first-order valence-corrected chi connectivity index (χ1v) is 10.4. The molecule has 0 bridgehead atoms. The largest absolute Gasteiger partial charge is 0.494 e. The summed E-state index contributed by atoms with van der Waals surface area (Å²) in [5.74, 6) is 0.771. The Labute approximate surface area is 168 Å². The summed E-state index contributed by atoms with van der Waals surface area (Å²) in [6.07, 6.45) is 9.81. The van der Waals surface area contributed by atoms with E-state index in [1.165, 1.54) is 35.6 Å². The molecule has 2 aromatic rings. The number of ether oxygens (including phenoxy) is 2. The Morgan fingerprint density at radius 1 is 0.929 bits per heavy atom. The van der Waals surface area contributed by atoms with Crippen LogP contribution in [0.2, 0.25) is 0 Å². The van der Waals surface area contributed by atoms with Crippen LogP contribution in [0.4, 0.5) is 0 Å². The normalized spacial score (nSPS) is 13.2. The maximum Gasteiger partial charge on any atom is 0.302 e. The SMILES string of the molecule is CC(=O)OCCCCCCOc1ccc2c(c1)CCCC(c1ccccc1)=C2. The summed E-state index contributed by atoms with van der Waals surface area (Å²) in [5.41, 5.74) is 5.44. The third-order valence-corrected chi connectivity index (χ3v) is 5.09. The fourth-order valence-corrected chi connectivity index (χ4v) is 3.60. The van der Waals surface area contributed by atoms with Crippen LogP contribution in [-0.2, 0) is 16.0 Å². The number of unbranched alkanes of at least 4 members (excludes halogenated alkanes) is 3. The minimum atomic E-state index is -0.197. The average Bonchev–Trinajstić information content (AvgIpc) is 2.92. The zero-order valence-corrected chi connectivity index (χ0v) is 16.8. The molecule has 0 saturated carbocycles. The molecule has 0 fully saturated rings. The molecule has 3 rings (SSSR count). The van der Waals surface area contributed by atoms with Gasteiger partial charge in [0.1, 0.15) is 5.75 Å². The molecule has 0 N–H and O–H groups in total. The number of hydrogen-bond acceptors (Lipinski definition) is 3. The Kier molecular flexibility index (Phi) is 7.71. The van der Waals surface area contributed by atoms with Crippen LogP contribution < -0.4 is 4.74 Å². The van der Waals surface area contributed by atoms with Crippen LogP contribution in [0.15, 0.2) is 48.5 Å². The summed E-state index contributed by atoms with van der Waals surface area (Å²) in [7, 11) is 0. The van der Waals surface area contributed by atoms with Crippen molar-refractivity contribution in [3.05, 3.63) is 65.2 Å². The van der Waals surface area contributed by atoms with E-state index in [0.29, 0.717) is 6.61 Å². The van der Waals surface area contributed by atoms with Gasteiger partial charge in [-0.15, -0.1) is 0 Å². The Morgan fingerprint density at radius 2 is 1.71 bits per heavy atom. The minimum absolute atomic E-state index is 0.197. The van der Waals surface area contributed by atoms with Crippen LogP contribution in [0.3, 0.4) is 0 Å². The number of benzene rings is 2. The second-order valence-electron chi connectivity index (χ2n) is 7.35. The number of carbonyl (C=O) groups excluding carboxylic acids is 1. The van der Waals surface area contributed by atoms with Crippen molar-refractivity contribution >= 4 is 17.6 Å². The van der Waals surface area contributed by atoms with Gasteiger partial charge in [0.05, 0.1) is 13.2 Å². The van der Waals surface area contributed by atoms with Gasteiger partial charge >= 0.3 is 5.97 Å². The summed E-state index contributed by atoms with van der Waals surface area (Å²) in [4.78, 5) is 10.7. The van der Waals surface area contributed by atoms with E-state index in [1.54, 1.807) is 0 Å². The molecule has 3 nitrogen and oxygen atoms in total. The van der Waals surface area contributed by atoms with Crippen molar-refractivity contribution in [2.75, 3.05) is 13.2 Å². The Balaban J connectivity index is 1.48. The number of fused-ring (bicyclic) bond motifs is 1. The smallest absolute Gasteiger partial charge is 0.302 e. The fraction of sp³-hybridized carbons (Fsp3) is 0.400. The van der Waals surface area contributed by atoms with Crippen LogP contribution >= 0.6 is 0 Å². The van der Waals surface area contributed by atoms with Gasteiger partial charge in [-0.05, 0) is 79.3 Å². The Morgan fingerprint density at radius 3 is 2.50 bits per heavy atom. The van der Waals surface area contributed by atoms with E-state index < -0.39 is 0 Å². The standard InChI is InChI=1S/C25H30O3/c1-20(26)27-16-7-2-3-8-17-28-25-15-14-24-18-22(12-9-13-23(24)19-25)21-10-5-4-6-11-21/h4-6,10-11,14-15,18-19H,2-3,7-9,12-13,16-17H2,1H3. The van der Waals surface area contributed by atoms with Gasteiger partial charge in [0.25, 0.3) is 0 Å². The Bertz CT molecular complexity index is 793. The van der Waals surface area contributed by atoms with Crippen molar-refractivity contribution in [1.29, 1.82) is 0 Å². The lowest BCUT2D eigenvalue weighted by Gasteiger charge is -2.10. The predicted octanol–water partition coefficient (Wildman–Crippen LogP) is 6.07. The minimum Gasteiger partial charge on any atom is -0.494 e. The maximum atomic E-state index is 10.7. The van der Waals surface area contributed by atoms with Crippen molar-refractivity contribution in [2.24, 2.45) is 0 Å². The van der Waals surface area contributed by atoms with Crippen LogP contribution in [0.25, 0.3) is 11.6 Å². The molecule has 3 heteroatoms. The lowest BCUT2D eigenvalue weighted by Crippen LogP contribution is -2.01. The molecule has 0 amide bonds. The molecule has 0 aliphatic heterocycles. The molecule has 1 aliphatic rings. The number of rotatable bonds is 9. The third-order valence-electron chi connectivity index (χ3n) is 5.09. The monoisotopic (exact) mass is 378 g/mol. The molecule has 0 atom stereocenters. The number of aryl methyl sites for hydroxylation is 1. The molecular formula is C25H30O3. The molecule has 148 valence electrons. The summed E-state index contributed by atoms with van der Waals surface area (Å²) >= 11 is 0. The molecule has 0 radical (unpaired) electrons. The first-order chi connectivity index (χ1) is 13.7. The van der Waals surface area contributed by atoms with Gasteiger partial charge in [-0.2, -0.15) is 0 Å². The average molecular weight is 379 g/mol. The summed E-state index contributed by atoms with van der Waals surface area (Å²) in [6.45, 7) is 2.71. The highest BCUT2D eigenvalue weighted by Crippen LogP contribution is 2.31. The van der Waals surface area contributed by atoms with Gasteiger partial charge < -0.3 is 9.47 Å². The van der Waals surface area contributed by atoms with E-state index in [2.05, 4.69) is 54.6 Å². The lowest BCUT2D eigenvalue weighted by molar-refractivity contribution is -0.141. The number of esters is 1. The van der Waals surface area contributed by atoms with Crippen molar-refractivity contribution < 1.29 is 14.3 Å². The van der Waals surface area contributed by atoms with Crippen molar-refractivity contribution in [1.82, 2.24) is 0 Å². The molecule has 1 aliphatic carbocycles. The zero-order valence-electron chi connectivity index (χ0n) is 16.8. The van der Waals surface area contributed by atoms with Gasteiger partial charge in [0, 0.05) is 6.92 Å². The second kappa shape index (κ2) is 10.7. The first kappa shape index (κ1) is 20.2. The van der Waals surface area contributed by atoms with Crippen LogP contribution in [-0.4, -0.2) is 19.2 Å². The topological polar surface area (TPSA) is 35.5 Å². The third kappa shape index (κ3) is 6.26. The summed E-state index contributed by atoms with van der Waals surface area (Å²) < 4.78 is 10.9. The van der Waals surface area contributed by atoms with Gasteiger partial charge in [-0.25, -0.2) is 0 Å². The van der Waals surface area contributed by atoms with Crippen LogP contribution in [0, 0.1) is 0 Å². The Hall–Kier alpha value is -2.55. The lowest BCUT2D eigenvalue weighted by atomic mass is 10.0. The van der Waals surface area contributed by atoms with Crippen molar-refractivity contribution in [3.63, 3.8) is 0 Å². The maximum absolute atomic E-state index is 10.7. The molecule has 28 heavy (non-hydrogen) atoms. The molecule has 2 aromatic carbocycles. The van der Waals surface area contributed by atoms with E-state index >= 15 is 0 Å². The van der Waals surface area contributed by atoms with E-state index in [9.17, 15) is 4.79 Å². The summed E-state index contributed by atoms with van der Waals surface area (Å²) in [6, 6.07) is 17.2. The number of hydrogen-bond donors (Lipinski definition) is 0. The summed E-state index contributed by atoms with van der Waals surface area (Å²) in [5, 5.41) is 0. The molecular weight excluding hydrogens is 348 g/mol. The van der Waals surface area contributed by atoms with Gasteiger partial charge in [-0.3, -0.25) is 4.79 Å².